The summed E-state index contributed by atoms with van der Waals surface area (Å²) >= 11 is 0. The second-order valence-corrected chi connectivity index (χ2v) is 1.35. The topological polar surface area (TPSA) is 49.4 Å². The number of nitrogens with zero attached hydrogens (tertiary/aromatic N) is 1. The fourth-order valence-corrected chi connectivity index (χ4v) is 0.280. The van der Waals surface area contributed by atoms with Gasteiger partial charge in [-0.15, -0.1) is 0 Å². The van der Waals surface area contributed by atoms with E-state index in [9.17, 15) is 9.59 Å². The van der Waals surface area contributed by atoms with Crippen LogP contribution in [-0.4, -0.2) is 24.4 Å². The van der Waals surface area contributed by atoms with Crippen LogP contribution in [0.15, 0.2) is 12.7 Å². The zero-order valence-corrected chi connectivity index (χ0v) is 5.13. The third kappa shape index (κ3) is 2.48. The van der Waals surface area contributed by atoms with Crippen LogP contribution in [0.5, 0.6) is 0 Å². The fraction of sp³-hybridized carbons (Fsp3) is 0.200. The van der Waals surface area contributed by atoms with E-state index in [1.54, 1.807) is 0 Å². The number of likely N-dealkylation sites (N-methyl/N-ethyl adjacent to an activating group) is 1. The van der Waals surface area contributed by atoms with Crippen LogP contribution in [0.3, 0.4) is 0 Å². The van der Waals surface area contributed by atoms with Crippen LogP contribution in [0.25, 0.3) is 0 Å². The average Bonchev–Trinajstić information content (AvgIpc) is 1.87. The first-order valence-electron chi connectivity index (χ1n) is 2.32. The summed E-state index contributed by atoms with van der Waals surface area (Å²) in [5.74, 6) is -0.345. The lowest BCUT2D eigenvalue weighted by Crippen LogP contribution is -2.37. The van der Waals surface area contributed by atoms with Gasteiger partial charge in [0.25, 0.3) is 5.91 Å². The van der Waals surface area contributed by atoms with Gasteiger partial charge in [0, 0.05) is 7.05 Å². The predicted molar refractivity (Wildman–Crippen MR) is 32.2 cm³/mol. The highest BCUT2D eigenvalue weighted by Crippen LogP contribution is 1.75. The molecule has 0 atom stereocenters. The zero-order valence-electron chi connectivity index (χ0n) is 5.13. The highest BCUT2D eigenvalue weighted by molar-refractivity contribution is 5.87. The van der Waals surface area contributed by atoms with Gasteiger partial charge in [-0.3, -0.25) is 20.0 Å². The predicted octanol–water partition coefficient (Wildman–Crippen LogP) is -0.708. The molecule has 0 aliphatic rings. The number of amides is 2. The molecule has 4 heteroatoms. The number of nitrogens with one attached hydrogen (secondary N) is 1. The molecular weight excluding hydrogens is 120 g/mol. The molecule has 0 rings (SSSR count). The molecule has 0 unspecified atom stereocenters. The van der Waals surface area contributed by atoms with Crippen molar-refractivity contribution in [2.45, 2.75) is 0 Å². The Hall–Kier alpha value is -1.32. The van der Waals surface area contributed by atoms with Gasteiger partial charge in [-0.25, -0.2) is 0 Å². The minimum atomic E-state index is -0.345. The molecule has 1 N–H and O–H groups in total. The smallest absolute Gasteiger partial charge is 0.264 e. The molecule has 50 valence electrons. The monoisotopic (exact) mass is 128 g/mol. The molecule has 0 fully saturated rings. The Morgan fingerprint density at radius 2 is 2.33 bits per heavy atom. The van der Waals surface area contributed by atoms with Crippen LogP contribution in [0.1, 0.15) is 0 Å². The minimum absolute atomic E-state index is 0.345. The maximum absolute atomic E-state index is 10.5. The Balaban J connectivity index is 3.71. The van der Waals surface area contributed by atoms with Gasteiger partial charge in [0.15, 0.2) is 0 Å². The second kappa shape index (κ2) is 3.65. The molecule has 2 amide bonds. The number of hydrogen-bond acceptors (Lipinski definition) is 2. The van der Waals surface area contributed by atoms with E-state index in [1.807, 2.05) is 0 Å². The third-order valence-electron chi connectivity index (χ3n) is 0.752. The number of carbonyl (C=O) groups excluding carboxylic acids is 2. The van der Waals surface area contributed by atoms with Crippen LogP contribution in [0.4, 0.5) is 0 Å². The largest absolute Gasteiger partial charge is 0.277 e. The van der Waals surface area contributed by atoms with Gasteiger partial charge >= 0.3 is 0 Å². The average molecular weight is 128 g/mol. The standard InChI is InChI=1S/C5H8N2O2/c1-3-5(9)7(2)6-4-8/h3-4H,1H2,2H3,(H,6,8). The zero-order chi connectivity index (χ0) is 7.28. The van der Waals surface area contributed by atoms with Gasteiger partial charge in [-0.2, -0.15) is 0 Å². The molecule has 0 bridgehead atoms. The normalized spacial score (nSPS) is 7.67. The van der Waals surface area contributed by atoms with E-state index in [-0.39, 0.29) is 5.91 Å². The van der Waals surface area contributed by atoms with E-state index in [0.29, 0.717) is 6.41 Å². The molecule has 9 heavy (non-hydrogen) atoms. The molecular formula is C5H8N2O2. The quantitative estimate of drug-likeness (QED) is 0.310. The molecule has 0 spiro atoms. The van der Waals surface area contributed by atoms with Crippen LogP contribution in [0, 0.1) is 0 Å². The summed E-state index contributed by atoms with van der Waals surface area (Å²) in [5, 5.41) is 1.03. The van der Waals surface area contributed by atoms with E-state index in [0.717, 1.165) is 11.1 Å². The SMILES string of the molecule is C=CC(=O)N(C)NC=O. The Labute approximate surface area is 53.1 Å². The Kier molecular flexibility index (Phi) is 3.12. The van der Waals surface area contributed by atoms with E-state index in [1.165, 1.54) is 7.05 Å². The van der Waals surface area contributed by atoms with E-state index >= 15 is 0 Å². The molecule has 0 saturated carbocycles. The summed E-state index contributed by atoms with van der Waals surface area (Å²) < 4.78 is 0. The molecule has 0 heterocycles. The summed E-state index contributed by atoms with van der Waals surface area (Å²) in [5.41, 5.74) is 2.13. The first-order chi connectivity index (χ1) is 4.22. The van der Waals surface area contributed by atoms with Gasteiger partial charge in [0.1, 0.15) is 0 Å². The number of carbonyl (C=O) groups is 2. The van der Waals surface area contributed by atoms with Crippen molar-refractivity contribution in [1.29, 1.82) is 0 Å². The van der Waals surface area contributed by atoms with Crippen LogP contribution < -0.4 is 5.43 Å². The molecule has 0 aromatic rings. The summed E-state index contributed by atoms with van der Waals surface area (Å²) in [4.78, 5) is 20.2. The van der Waals surface area contributed by atoms with Gasteiger partial charge in [-0.1, -0.05) is 6.58 Å². The van der Waals surface area contributed by atoms with Crippen molar-refractivity contribution in [2.24, 2.45) is 0 Å². The lowest BCUT2D eigenvalue weighted by Gasteiger charge is -2.10. The number of hydrogen-bond donors (Lipinski definition) is 1. The number of hydrazine groups is 1. The first-order valence-corrected chi connectivity index (χ1v) is 2.32. The molecule has 0 aromatic heterocycles. The van der Waals surface area contributed by atoms with Crippen molar-refractivity contribution < 1.29 is 9.59 Å². The molecule has 0 radical (unpaired) electrons. The van der Waals surface area contributed by atoms with Gasteiger partial charge < -0.3 is 0 Å². The summed E-state index contributed by atoms with van der Waals surface area (Å²) in [6, 6.07) is 0. The third-order valence-corrected chi connectivity index (χ3v) is 0.752. The Bertz CT molecular complexity index is 133. The van der Waals surface area contributed by atoms with Crippen LogP contribution in [-0.2, 0) is 9.59 Å². The molecule has 0 aliphatic carbocycles. The lowest BCUT2D eigenvalue weighted by atomic mass is 10.6. The van der Waals surface area contributed by atoms with Gasteiger partial charge in [-0.05, 0) is 6.08 Å². The van der Waals surface area contributed by atoms with Crippen molar-refractivity contribution in [3.05, 3.63) is 12.7 Å². The maximum Gasteiger partial charge on any atom is 0.264 e. The van der Waals surface area contributed by atoms with Crippen molar-refractivity contribution in [3.63, 3.8) is 0 Å². The molecule has 0 aliphatic heterocycles. The van der Waals surface area contributed by atoms with Crippen LogP contribution in [0.2, 0.25) is 0 Å². The second-order valence-electron chi connectivity index (χ2n) is 1.35. The molecule has 4 nitrogen and oxygen atoms in total. The van der Waals surface area contributed by atoms with Crippen molar-refractivity contribution in [3.8, 4) is 0 Å². The highest BCUT2D eigenvalue weighted by Gasteiger charge is 1.98. The molecule has 0 saturated heterocycles. The van der Waals surface area contributed by atoms with Crippen molar-refractivity contribution >= 4 is 12.3 Å². The Morgan fingerprint density at radius 3 is 2.67 bits per heavy atom. The van der Waals surface area contributed by atoms with Crippen molar-refractivity contribution in [2.75, 3.05) is 7.05 Å². The van der Waals surface area contributed by atoms with Crippen molar-refractivity contribution in [1.82, 2.24) is 10.4 Å². The minimum Gasteiger partial charge on any atom is -0.277 e. The maximum atomic E-state index is 10.5. The fourth-order valence-electron chi connectivity index (χ4n) is 0.280. The first kappa shape index (κ1) is 7.68. The summed E-state index contributed by atoms with van der Waals surface area (Å²) in [6.45, 7) is 3.22. The number of rotatable bonds is 3. The van der Waals surface area contributed by atoms with E-state index in [4.69, 9.17) is 0 Å². The summed E-state index contributed by atoms with van der Waals surface area (Å²) in [7, 11) is 1.43. The molecule has 0 aromatic carbocycles. The van der Waals surface area contributed by atoms with E-state index < -0.39 is 0 Å². The van der Waals surface area contributed by atoms with E-state index in [2.05, 4.69) is 12.0 Å². The Morgan fingerprint density at radius 1 is 1.78 bits per heavy atom. The summed E-state index contributed by atoms with van der Waals surface area (Å²) in [6.07, 6.45) is 1.53. The van der Waals surface area contributed by atoms with Gasteiger partial charge in [0.05, 0.1) is 0 Å². The highest BCUT2D eigenvalue weighted by atomic mass is 16.2. The lowest BCUT2D eigenvalue weighted by molar-refractivity contribution is -0.131. The van der Waals surface area contributed by atoms with Gasteiger partial charge in [0.2, 0.25) is 6.41 Å². The van der Waals surface area contributed by atoms with Crippen LogP contribution >= 0.6 is 0 Å².